The molecule has 0 spiro atoms. The van der Waals surface area contributed by atoms with Gasteiger partial charge in [-0.3, -0.25) is 14.5 Å². The molecule has 2 amide bonds. The molecule has 0 atom stereocenters. The van der Waals surface area contributed by atoms with Gasteiger partial charge in [-0.05, 0) is 31.0 Å². The summed E-state index contributed by atoms with van der Waals surface area (Å²) in [6, 6.07) is 3.44. The Morgan fingerprint density at radius 2 is 1.92 bits per heavy atom. The highest BCUT2D eigenvalue weighted by Crippen LogP contribution is 2.36. The Kier molecular flexibility index (Phi) is 5.36. The van der Waals surface area contributed by atoms with Gasteiger partial charge in [0.15, 0.2) is 0 Å². The predicted molar refractivity (Wildman–Crippen MR) is 91.0 cm³/mol. The van der Waals surface area contributed by atoms with E-state index in [1.165, 1.54) is 6.07 Å². The van der Waals surface area contributed by atoms with Gasteiger partial charge in [0.25, 0.3) is 0 Å². The fraction of sp³-hybridized carbons (Fsp3) is 0.529. The maximum Gasteiger partial charge on any atom is 0.416 e. The molecule has 1 aromatic carbocycles. The minimum absolute atomic E-state index is 0.0386. The van der Waals surface area contributed by atoms with Crippen molar-refractivity contribution in [1.29, 1.82) is 0 Å². The molecule has 3 rings (SSSR count). The first-order valence-corrected chi connectivity index (χ1v) is 8.58. The molecule has 2 fully saturated rings. The van der Waals surface area contributed by atoms with Crippen molar-refractivity contribution in [3.8, 4) is 0 Å². The number of hydrogen-bond donors (Lipinski definition) is 2. The second kappa shape index (κ2) is 7.53. The van der Waals surface area contributed by atoms with E-state index in [2.05, 4.69) is 10.6 Å². The highest BCUT2D eigenvalue weighted by atomic mass is 19.4. The zero-order valence-corrected chi connectivity index (χ0v) is 14.2. The lowest BCUT2D eigenvalue weighted by molar-refractivity contribution is -0.137. The normalized spacial score (nSPS) is 18.7. The summed E-state index contributed by atoms with van der Waals surface area (Å²) >= 11 is 0. The Morgan fingerprint density at radius 1 is 1.19 bits per heavy atom. The average Bonchev–Trinajstić information content (AvgIpc) is 3.08. The number of halogens is 3. The van der Waals surface area contributed by atoms with Gasteiger partial charge in [-0.1, -0.05) is 0 Å². The quantitative estimate of drug-likeness (QED) is 0.847. The van der Waals surface area contributed by atoms with Crippen LogP contribution >= 0.6 is 0 Å². The summed E-state index contributed by atoms with van der Waals surface area (Å²) in [5.74, 6) is -0.597. The summed E-state index contributed by atoms with van der Waals surface area (Å²) in [4.78, 5) is 27.4. The van der Waals surface area contributed by atoms with E-state index in [4.69, 9.17) is 0 Å². The van der Waals surface area contributed by atoms with Crippen molar-refractivity contribution in [2.45, 2.75) is 19.0 Å². The maximum absolute atomic E-state index is 13.1. The standard InChI is InChI=1S/C17H21F3N4O2/c18-17(19,20)12-3-4-14(24-6-1-2-7-24)13(9-12)22-16(26)11-23-8-5-21-15(25)10-23/h3-4,9H,1-2,5-8,10-11H2,(H,21,25)(H,22,26). The van der Waals surface area contributed by atoms with Gasteiger partial charge >= 0.3 is 6.18 Å². The van der Waals surface area contributed by atoms with Crippen molar-refractivity contribution < 1.29 is 22.8 Å². The predicted octanol–water partition coefficient (Wildman–Crippen LogP) is 1.68. The molecular weight excluding hydrogens is 349 g/mol. The third kappa shape index (κ3) is 4.46. The summed E-state index contributed by atoms with van der Waals surface area (Å²) < 4.78 is 39.2. The van der Waals surface area contributed by atoms with Crippen LogP contribution in [0.25, 0.3) is 0 Å². The van der Waals surface area contributed by atoms with Gasteiger partial charge in [0.2, 0.25) is 11.8 Å². The van der Waals surface area contributed by atoms with Crippen molar-refractivity contribution in [3.05, 3.63) is 23.8 Å². The van der Waals surface area contributed by atoms with Crippen LogP contribution in [0.4, 0.5) is 24.5 Å². The van der Waals surface area contributed by atoms with E-state index in [0.29, 0.717) is 18.8 Å². The fourth-order valence-corrected chi connectivity index (χ4v) is 3.27. The number of carbonyl (C=O) groups is 2. The molecule has 0 radical (unpaired) electrons. The molecule has 2 aliphatic heterocycles. The van der Waals surface area contributed by atoms with E-state index in [1.807, 2.05) is 4.90 Å². The molecule has 2 aliphatic rings. The van der Waals surface area contributed by atoms with E-state index < -0.39 is 17.6 Å². The van der Waals surface area contributed by atoms with Crippen molar-refractivity contribution in [1.82, 2.24) is 10.2 Å². The lowest BCUT2D eigenvalue weighted by Gasteiger charge is -2.27. The molecule has 2 heterocycles. The molecular formula is C17H21F3N4O2. The Balaban J connectivity index is 1.77. The number of carbonyl (C=O) groups excluding carboxylic acids is 2. The largest absolute Gasteiger partial charge is 0.416 e. The van der Waals surface area contributed by atoms with E-state index in [0.717, 1.165) is 38.1 Å². The van der Waals surface area contributed by atoms with Gasteiger partial charge in [0.05, 0.1) is 30.0 Å². The third-order valence-electron chi connectivity index (χ3n) is 4.53. The summed E-state index contributed by atoms with van der Waals surface area (Å²) in [5, 5.41) is 5.27. The van der Waals surface area contributed by atoms with E-state index in [1.54, 1.807) is 4.90 Å². The smallest absolute Gasteiger partial charge is 0.370 e. The number of nitrogens with one attached hydrogen (secondary N) is 2. The highest BCUT2D eigenvalue weighted by Gasteiger charge is 2.32. The molecule has 6 nitrogen and oxygen atoms in total. The Morgan fingerprint density at radius 3 is 2.58 bits per heavy atom. The molecule has 0 bridgehead atoms. The van der Waals surface area contributed by atoms with Gasteiger partial charge in [-0.25, -0.2) is 0 Å². The number of nitrogens with zero attached hydrogens (tertiary/aromatic N) is 2. The SMILES string of the molecule is O=C1CN(CC(=O)Nc2cc(C(F)(F)F)ccc2N2CCCC2)CCN1. The zero-order chi connectivity index (χ0) is 18.7. The molecule has 0 aliphatic carbocycles. The lowest BCUT2D eigenvalue weighted by atomic mass is 10.1. The number of amides is 2. The van der Waals surface area contributed by atoms with Crippen LogP contribution in [0.15, 0.2) is 18.2 Å². The number of benzene rings is 1. The number of piperazine rings is 1. The Bertz CT molecular complexity index is 687. The summed E-state index contributed by atoms with van der Waals surface area (Å²) in [7, 11) is 0. The van der Waals surface area contributed by atoms with Crippen LogP contribution in [0.5, 0.6) is 0 Å². The van der Waals surface area contributed by atoms with E-state index in [-0.39, 0.29) is 24.7 Å². The van der Waals surface area contributed by atoms with Crippen LogP contribution in [0.3, 0.4) is 0 Å². The molecule has 142 valence electrons. The van der Waals surface area contributed by atoms with Crippen molar-refractivity contribution in [2.24, 2.45) is 0 Å². The van der Waals surface area contributed by atoms with Crippen LogP contribution in [-0.2, 0) is 15.8 Å². The second-order valence-corrected chi connectivity index (χ2v) is 6.53. The highest BCUT2D eigenvalue weighted by molar-refractivity contribution is 5.96. The zero-order valence-electron chi connectivity index (χ0n) is 14.2. The molecule has 2 saturated heterocycles. The molecule has 0 saturated carbocycles. The van der Waals surface area contributed by atoms with Crippen molar-refractivity contribution in [2.75, 3.05) is 49.5 Å². The van der Waals surface area contributed by atoms with Gasteiger partial charge in [0.1, 0.15) is 0 Å². The summed E-state index contributed by atoms with van der Waals surface area (Å²) in [6.07, 6.45) is -2.54. The molecule has 0 unspecified atom stereocenters. The van der Waals surface area contributed by atoms with Crippen LogP contribution in [0, 0.1) is 0 Å². The number of rotatable bonds is 4. The first kappa shape index (κ1) is 18.5. The molecule has 9 heteroatoms. The number of hydrogen-bond acceptors (Lipinski definition) is 4. The van der Waals surface area contributed by atoms with E-state index in [9.17, 15) is 22.8 Å². The first-order valence-electron chi connectivity index (χ1n) is 8.58. The summed E-state index contributed by atoms with van der Waals surface area (Å²) in [5.41, 5.74) is -0.0403. The minimum Gasteiger partial charge on any atom is -0.370 e. The van der Waals surface area contributed by atoms with Crippen LogP contribution < -0.4 is 15.5 Å². The van der Waals surface area contributed by atoms with Gasteiger partial charge < -0.3 is 15.5 Å². The Labute approximate surface area is 149 Å². The monoisotopic (exact) mass is 370 g/mol. The van der Waals surface area contributed by atoms with Crippen LogP contribution in [0.2, 0.25) is 0 Å². The molecule has 2 N–H and O–H groups in total. The van der Waals surface area contributed by atoms with E-state index >= 15 is 0 Å². The second-order valence-electron chi connectivity index (χ2n) is 6.53. The van der Waals surface area contributed by atoms with Gasteiger partial charge in [0, 0.05) is 26.2 Å². The molecule has 1 aromatic rings. The lowest BCUT2D eigenvalue weighted by Crippen LogP contribution is -2.49. The molecule has 26 heavy (non-hydrogen) atoms. The maximum atomic E-state index is 13.1. The first-order chi connectivity index (χ1) is 12.3. The summed E-state index contributed by atoms with van der Waals surface area (Å²) in [6.45, 7) is 2.55. The van der Waals surface area contributed by atoms with Gasteiger partial charge in [-0.2, -0.15) is 13.2 Å². The number of anilines is 2. The number of alkyl halides is 3. The van der Waals surface area contributed by atoms with Crippen molar-refractivity contribution in [3.63, 3.8) is 0 Å². The van der Waals surface area contributed by atoms with Crippen molar-refractivity contribution >= 4 is 23.2 Å². The fourth-order valence-electron chi connectivity index (χ4n) is 3.27. The van der Waals surface area contributed by atoms with Gasteiger partial charge in [-0.15, -0.1) is 0 Å². The minimum atomic E-state index is -4.48. The van der Waals surface area contributed by atoms with Crippen LogP contribution in [0.1, 0.15) is 18.4 Å². The topological polar surface area (TPSA) is 64.7 Å². The molecule has 0 aromatic heterocycles. The third-order valence-corrected chi connectivity index (χ3v) is 4.53. The average molecular weight is 370 g/mol. The van der Waals surface area contributed by atoms with Crippen LogP contribution in [-0.4, -0.2) is 56.0 Å². The Hall–Kier alpha value is -2.29.